The van der Waals surface area contributed by atoms with Crippen LogP contribution in [0.15, 0.2) is 18.2 Å². The molecule has 0 amide bonds. The van der Waals surface area contributed by atoms with E-state index >= 15 is 0 Å². The Morgan fingerprint density at radius 2 is 2.05 bits per heavy atom. The SMILES string of the molecule is Cc1cc(NS(=O)(=O)NC(C)C)ccc1C#CCO. The third-order valence-corrected chi connectivity index (χ3v) is 3.46. The molecule has 0 aliphatic rings. The second-order valence-electron chi connectivity index (χ2n) is 4.37. The molecule has 104 valence electrons. The van der Waals surface area contributed by atoms with Gasteiger partial charge in [0.15, 0.2) is 0 Å². The minimum absolute atomic E-state index is 0.173. The van der Waals surface area contributed by atoms with Gasteiger partial charge in [-0.2, -0.15) is 13.1 Å². The number of rotatable bonds is 4. The van der Waals surface area contributed by atoms with E-state index in [2.05, 4.69) is 21.3 Å². The Labute approximate surface area is 114 Å². The number of aryl methyl sites for hydroxylation is 1. The monoisotopic (exact) mass is 282 g/mol. The summed E-state index contributed by atoms with van der Waals surface area (Å²) in [5.41, 5.74) is 2.07. The fourth-order valence-corrected chi connectivity index (χ4v) is 2.61. The zero-order valence-corrected chi connectivity index (χ0v) is 12.0. The van der Waals surface area contributed by atoms with Gasteiger partial charge in [-0.1, -0.05) is 11.8 Å². The van der Waals surface area contributed by atoms with Crippen molar-refractivity contribution < 1.29 is 13.5 Å². The number of aliphatic hydroxyl groups excluding tert-OH is 1. The maximum atomic E-state index is 11.7. The summed E-state index contributed by atoms with van der Waals surface area (Å²) in [4.78, 5) is 0. The molecule has 0 radical (unpaired) electrons. The van der Waals surface area contributed by atoms with Crippen molar-refractivity contribution >= 4 is 15.9 Å². The quantitative estimate of drug-likeness (QED) is 0.721. The van der Waals surface area contributed by atoms with Gasteiger partial charge in [0, 0.05) is 11.6 Å². The predicted molar refractivity (Wildman–Crippen MR) is 76.0 cm³/mol. The molecule has 0 saturated carbocycles. The molecule has 0 unspecified atom stereocenters. The normalized spacial score (nSPS) is 11.0. The van der Waals surface area contributed by atoms with Crippen LogP contribution in [0.1, 0.15) is 25.0 Å². The second-order valence-corrected chi connectivity index (χ2v) is 5.81. The molecule has 0 atom stereocenters. The van der Waals surface area contributed by atoms with Crippen LogP contribution >= 0.6 is 0 Å². The van der Waals surface area contributed by atoms with Crippen LogP contribution in [0, 0.1) is 18.8 Å². The molecular weight excluding hydrogens is 264 g/mol. The Balaban J connectivity index is 2.90. The van der Waals surface area contributed by atoms with Gasteiger partial charge in [0.2, 0.25) is 0 Å². The van der Waals surface area contributed by atoms with Gasteiger partial charge in [0.1, 0.15) is 6.61 Å². The van der Waals surface area contributed by atoms with Crippen LogP contribution in [0.4, 0.5) is 5.69 Å². The van der Waals surface area contributed by atoms with Crippen LogP contribution in [0.3, 0.4) is 0 Å². The number of aliphatic hydroxyl groups is 1. The van der Waals surface area contributed by atoms with Crippen molar-refractivity contribution in [3.05, 3.63) is 29.3 Å². The van der Waals surface area contributed by atoms with E-state index in [9.17, 15) is 8.42 Å². The summed E-state index contributed by atoms with van der Waals surface area (Å²) in [5, 5.41) is 8.64. The summed E-state index contributed by atoms with van der Waals surface area (Å²) in [6, 6.07) is 4.87. The summed E-state index contributed by atoms with van der Waals surface area (Å²) in [6.45, 7) is 5.12. The van der Waals surface area contributed by atoms with Crippen molar-refractivity contribution in [3.8, 4) is 11.8 Å². The summed E-state index contributed by atoms with van der Waals surface area (Å²) >= 11 is 0. The predicted octanol–water partition coefficient (Wildman–Crippen LogP) is 0.994. The Bertz CT molecular complexity index is 598. The van der Waals surface area contributed by atoms with Gasteiger partial charge in [-0.15, -0.1) is 0 Å². The van der Waals surface area contributed by atoms with E-state index in [0.29, 0.717) is 5.69 Å². The lowest BCUT2D eigenvalue weighted by molar-refractivity contribution is 0.350. The van der Waals surface area contributed by atoms with Gasteiger partial charge < -0.3 is 5.11 Å². The zero-order chi connectivity index (χ0) is 14.5. The molecule has 0 aromatic heterocycles. The minimum Gasteiger partial charge on any atom is -0.384 e. The fraction of sp³-hybridized carbons (Fsp3) is 0.385. The van der Waals surface area contributed by atoms with Crippen LogP contribution in [0.5, 0.6) is 0 Å². The first-order valence-electron chi connectivity index (χ1n) is 5.84. The Hall–Kier alpha value is -1.55. The number of hydrogen-bond donors (Lipinski definition) is 3. The average Bonchev–Trinajstić information content (AvgIpc) is 2.25. The van der Waals surface area contributed by atoms with E-state index in [0.717, 1.165) is 11.1 Å². The molecule has 3 N–H and O–H groups in total. The average molecular weight is 282 g/mol. The number of anilines is 1. The summed E-state index contributed by atoms with van der Waals surface area (Å²) in [7, 11) is -3.56. The standard InChI is InChI=1S/C13H18N2O3S/c1-10(2)14-19(17,18)15-13-7-6-12(5-4-8-16)11(3)9-13/h6-7,9-10,14-16H,8H2,1-3H3. The molecule has 0 spiro atoms. The van der Waals surface area contributed by atoms with Gasteiger partial charge in [0.05, 0.1) is 5.69 Å². The fourth-order valence-electron chi connectivity index (χ4n) is 1.50. The van der Waals surface area contributed by atoms with Crippen LogP contribution in [-0.2, 0) is 10.2 Å². The van der Waals surface area contributed by atoms with Gasteiger partial charge in [0.25, 0.3) is 10.2 Å². The summed E-state index contributed by atoms with van der Waals surface area (Å²) in [6.07, 6.45) is 0. The molecule has 1 aromatic carbocycles. The van der Waals surface area contributed by atoms with Crippen molar-refractivity contribution in [3.63, 3.8) is 0 Å². The topological polar surface area (TPSA) is 78.4 Å². The van der Waals surface area contributed by atoms with Crippen LogP contribution in [-0.4, -0.2) is 26.2 Å². The maximum absolute atomic E-state index is 11.7. The Morgan fingerprint density at radius 1 is 1.37 bits per heavy atom. The number of nitrogens with one attached hydrogen (secondary N) is 2. The van der Waals surface area contributed by atoms with Crippen molar-refractivity contribution in [2.24, 2.45) is 0 Å². The summed E-state index contributed by atoms with van der Waals surface area (Å²) < 4.78 is 28.3. The lowest BCUT2D eigenvalue weighted by atomic mass is 10.1. The third-order valence-electron chi connectivity index (χ3n) is 2.17. The van der Waals surface area contributed by atoms with Crippen molar-refractivity contribution in [2.75, 3.05) is 11.3 Å². The van der Waals surface area contributed by atoms with Gasteiger partial charge in [-0.3, -0.25) is 4.72 Å². The van der Waals surface area contributed by atoms with Crippen LogP contribution in [0.25, 0.3) is 0 Å². The lowest BCUT2D eigenvalue weighted by Crippen LogP contribution is -2.35. The molecule has 1 aromatic rings. The van der Waals surface area contributed by atoms with Crippen molar-refractivity contribution in [1.82, 2.24) is 4.72 Å². The highest BCUT2D eigenvalue weighted by atomic mass is 32.2. The maximum Gasteiger partial charge on any atom is 0.299 e. The molecule has 0 bridgehead atoms. The number of benzene rings is 1. The largest absolute Gasteiger partial charge is 0.384 e. The first kappa shape index (κ1) is 15.5. The first-order valence-corrected chi connectivity index (χ1v) is 7.33. The molecule has 1 rings (SSSR count). The van der Waals surface area contributed by atoms with Gasteiger partial charge in [-0.05, 0) is 44.5 Å². The van der Waals surface area contributed by atoms with E-state index in [1.54, 1.807) is 32.0 Å². The molecular formula is C13H18N2O3S. The highest BCUT2D eigenvalue weighted by molar-refractivity contribution is 7.90. The Kier molecular flexibility index (Phi) is 5.36. The number of hydrogen-bond acceptors (Lipinski definition) is 3. The lowest BCUT2D eigenvalue weighted by Gasteiger charge is -2.12. The van der Waals surface area contributed by atoms with E-state index in [-0.39, 0.29) is 12.6 Å². The van der Waals surface area contributed by atoms with E-state index < -0.39 is 10.2 Å². The highest BCUT2D eigenvalue weighted by Crippen LogP contribution is 2.15. The molecule has 0 fully saturated rings. The molecule has 0 aliphatic heterocycles. The van der Waals surface area contributed by atoms with Gasteiger partial charge >= 0.3 is 0 Å². The smallest absolute Gasteiger partial charge is 0.299 e. The minimum atomic E-state index is -3.56. The highest BCUT2D eigenvalue weighted by Gasteiger charge is 2.11. The molecule has 0 saturated heterocycles. The van der Waals surface area contributed by atoms with Crippen LogP contribution in [0.2, 0.25) is 0 Å². The molecule has 5 nitrogen and oxygen atoms in total. The molecule has 6 heteroatoms. The summed E-state index contributed by atoms with van der Waals surface area (Å²) in [5.74, 6) is 5.35. The van der Waals surface area contributed by atoms with E-state index in [1.165, 1.54) is 0 Å². The second kappa shape index (κ2) is 6.57. The molecule has 19 heavy (non-hydrogen) atoms. The third kappa shape index (κ3) is 5.30. The van der Waals surface area contributed by atoms with E-state index in [4.69, 9.17) is 5.11 Å². The van der Waals surface area contributed by atoms with Crippen molar-refractivity contribution in [2.45, 2.75) is 26.8 Å². The van der Waals surface area contributed by atoms with Crippen LogP contribution < -0.4 is 9.44 Å². The van der Waals surface area contributed by atoms with E-state index in [1.807, 2.05) is 6.92 Å². The zero-order valence-electron chi connectivity index (χ0n) is 11.2. The Morgan fingerprint density at radius 3 is 2.58 bits per heavy atom. The molecule has 0 heterocycles. The first-order chi connectivity index (χ1) is 8.84. The molecule has 0 aliphatic carbocycles. The van der Waals surface area contributed by atoms with Gasteiger partial charge in [-0.25, -0.2) is 0 Å². The van der Waals surface area contributed by atoms with Crippen molar-refractivity contribution in [1.29, 1.82) is 0 Å².